The van der Waals surface area contributed by atoms with E-state index in [1.54, 1.807) is 12.1 Å². The van der Waals surface area contributed by atoms with E-state index in [4.69, 9.17) is 16.4 Å². The number of nitrogens with zero attached hydrogens (tertiary/aromatic N) is 1. The maximum absolute atomic E-state index is 12.7. The predicted octanol–water partition coefficient (Wildman–Crippen LogP) is 4.35. The molecule has 0 heterocycles. The molecule has 0 spiro atoms. The van der Waals surface area contributed by atoms with Crippen molar-refractivity contribution in [1.29, 1.82) is 0 Å². The Balaban J connectivity index is 1.90. The summed E-state index contributed by atoms with van der Waals surface area (Å²) in [5.41, 5.74) is -0.275. The number of benzene rings is 2. The van der Waals surface area contributed by atoms with Gasteiger partial charge < -0.3 is 10.2 Å². The van der Waals surface area contributed by atoms with Gasteiger partial charge >= 0.3 is 6.18 Å². The van der Waals surface area contributed by atoms with Crippen LogP contribution in [0.5, 0.6) is 0 Å². The largest absolute Gasteiger partial charge is 0.417 e. The summed E-state index contributed by atoms with van der Waals surface area (Å²) in [5, 5.41) is 5.45. The minimum absolute atomic E-state index is 0.0348. The zero-order chi connectivity index (χ0) is 17.6. The van der Waals surface area contributed by atoms with Gasteiger partial charge in [-0.15, -0.1) is 0 Å². The van der Waals surface area contributed by atoms with Crippen molar-refractivity contribution in [3.05, 3.63) is 64.7 Å². The summed E-state index contributed by atoms with van der Waals surface area (Å²) in [5.74, 6) is -0.643. The van der Waals surface area contributed by atoms with Crippen LogP contribution in [0.2, 0.25) is 5.02 Å². The van der Waals surface area contributed by atoms with Gasteiger partial charge in [-0.25, -0.2) is 0 Å². The van der Waals surface area contributed by atoms with Crippen LogP contribution in [0.1, 0.15) is 11.1 Å². The average molecular weight is 357 g/mol. The maximum atomic E-state index is 12.7. The topological polar surface area (TPSA) is 50.7 Å². The van der Waals surface area contributed by atoms with Gasteiger partial charge in [0.05, 0.1) is 16.8 Å². The minimum Gasteiger partial charge on any atom is -0.386 e. The molecule has 0 fully saturated rings. The third kappa shape index (κ3) is 5.27. The molecule has 0 unspecified atom stereocenters. The number of nitrogens with one attached hydrogen (secondary N) is 1. The van der Waals surface area contributed by atoms with E-state index >= 15 is 0 Å². The van der Waals surface area contributed by atoms with Crippen LogP contribution in [0.4, 0.5) is 18.9 Å². The monoisotopic (exact) mass is 356 g/mol. The molecular weight excluding hydrogens is 345 g/mol. The van der Waals surface area contributed by atoms with E-state index in [0.717, 1.165) is 17.7 Å². The van der Waals surface area contributed by atoms with Crippen LogP contribution >= 0.6 is 11.6 Å². The summed E-state index contributed by atoms with van der Waals surface area (Å²) in [6.45, 7) is -0.437. The molecule has 0 saturated carbocycles. The Kier molecular flexibility index (Phi) is 5.81. The number of halogens is 4. The molecule has 0 radical (unpaired) electrons. The summed E-state index contributed by atoms with van der Waals surface area (Å²) < 4.78 is 38.2. The van der Waals surface area contributed by atoms with E-state index in [-0.39, 0.29) is 5.69 Å². The van der Waals surface area contributed by atoms with Crippen LogP contribution in [0, 0.1) is 0 Å². The lowest BCUT2D eigenvalue weighted by molar-refractivity contribution is -0.137. The Labute approximate surface area is 140 Å². The van der Waals surface area contributed by atoms with Crippen molar-refractivity contribution in [1.82, 2.24) is 0 Å². The second-order valence-electron chi connectivity index (χ2n) is 4.66. The van der Waals surface area contributed by atoms with E-state index in [0.29, 0.717) is 0 Å². The summed E-state index contributed by atoms with van der Waals surface area (Å²) in [4.78, 5) is 16.4. The molecule has 0 aliphatic rings. The molecule has 0 saturated heterocycles. The number of alkyl halides is 3. The van der Waals surface area contributed by atoms with Crippen molar-refractivity contribution >= 4 is 29.4 Å². The molecule has 24 heavy (non-hydrogen) atoms. The van der Waals surface area contributed by atoms with Gasteiger partial charge in [0.25, 0.3) is 5.91 Å². The number of amides is 1. The first-order valence-electron chi connectivity index (χ1n) is 6.73. The van der Waals surface area contributed by atoms with E-state index in [1.807, 2.05) is 18.2 Å². The lowest BCUT2D eigenvalue weighted by Crippen LogP contribution is -2.17. The van der Waals surface area contributed by atoms with Crippen LogP contribution in [0.25, 0.3) is 0 Å². The SMILES string of the molecule is O=C(CO/N=C\c1ccccc1)Nc1ccc(Cl)c(C(F)(F)F)c1. The Morgan fingerprint density at radius 3 is 2.58 bits per heavy atom. The summed E-state index contributed by atoms with van der Waals surface area (Å²) >= 11 is 5.50. The fourth-order valence-electron chi connectivity index (χ4n) is 1.75. The Morgan fingerprint density at radius 1 is 1.21 bits per heavy atom. The van der Waals surface area contributed by atoms with E-state index in [1.165, 1.54) is 12.3 Å². The van der Waals surface area contributed by atoms with E-state index in [2.05, 4.69) is 10.5 Å². The Morgan fingerprint density at radius 2 is 1.92 bits per heavy atom. The lowest BCUT2D eigenvalue weighted by Gasteiger charge is -2.11. The van der Waals surface area contributed by atoms with Crippen molar-refractivity contribution in [3.63, 3.8) is 0 Å². The summed E-state index contributed by atoms with van der Waals surface area (Å²) in [7, 11) is 0. The normalized spacial score (nSPS) is 11.5. The highest BCUT2D eigenvalue weighted by molar-refractivity contribution is 6.31. The average Bonchev–Trinajstić information content (AvgIpc) is 2.53. The highest BCUT2D eigenvalue weighted by Crippen LogP contribution is 2.36. The second kappa shape index (κ2) is 7.83. The first-order valence-corrected chi connectivity index (χ1v) is 7.11. The number of anilines is 1. The molecule has 2 rings (SSSR count). The van der Waals surface area contributed by atoms with Crippen LogP contribution < -0.4 is 5.32 Å². The number of oxime groups is 1. The van der Waals surface area contributed by atoms with Crippen LogP contribution in [-0.2, 0) is 15.8 Å². The number of rotatable bonds is 5. The standard InChI is InChI=1S/C16H12ClF3N2O2/c17-14-7-6-12(8-13(14)16(18,19)20)22-15(23)10-24-21-9-11-4-2-1-3-5-11/h1-9H,10H2,(H,22,23)/b21-9-. The third-order valence-corrected chi connectivity index (χ3v) is 3.16. The molecule has 0 atom stereocenters. The van der Waals surface area contributed by atoms with Crippen molar-refractivity contribution in [3.8, 4) is 0 Å². The quantitative estimate of drug-likeness (QED) is 0.639. The Hall–Kier alpha value is -2.54. The number of hydrogen-bond donors (Lipinski definition) is 1. The van der Waals surface area contributed by atoms with Gasteiger partial charge in [-0.05, 0) is 23.8 Å². The van der Waals surface area contributed by atoms with Gasteiger partial charge in [0.1, 0.15) is 0 Å². The molecule has 0 aromatic heterocycles. The fourth-order valence-corrected chi connectivity index (χ4v) is 1.98. The molecule has 126 valence electrons. The van der Waals surface area contributed by atoms with Crippen LogP contribution in [0.15, 0.2) is 53.7 Å². The zero-order valence-corrected chi connectivity index (χ0v) is 12.9. The smallest absolute Gasteiger partial charge is 0.386 e. The van der Waals surface area contributed by atoms with Crippen LogP contribution in [0.3, 0.4) is 0 Å². The molecule has 2 aromatic carbocycles. The number of hydrogen-bond acceptors (Lipinski definition) is 3. The Bertz CT molecular complexity index is 734. The number of carbonyl (C=O) groups is 1. The van der Waals surface area contributed by atoms with Gasteiger partial charge in [-0.3, -0.25) is 4.79 Å². The predicted molar refractivity (Wildman–Crippen MR) is 85.1 cm³/mol. The van der Waals surface area contributed by atoms with Gasteiger partial charge in [0, 0.05) is 5.69 Å². The number of carbonyl (C=O) groups excluding carboxylic acids is 1. The third-order valence-electron chi connectivity index (χ3n) is 2.83. The minimum atomic E-state index is -4.60. The second-order valence-corrected chi connectivity index (χ2v) is 5.07. The van der Waals surface area contributed by atoms with E-state index in [9.17, 15) is 18.0 Å². The van der Waals surface area contributed by atoms with Crippen molar-refractivity contribution < 1.29 is 22.8 Å². The van der Waals surface area contributed by atoms with Gasteiger partial charge in [-0.2, -0.15) is 13.2 Å². The van der Waals surface area contributed by atoms with Gasteiger partial charge in [-0.1, -0.05) is 47.1 Å². The highest BCUT2D eigenvalue weighted by Gasteiger charge is 2.33. The van der Waals surface area contributed by atoms with Crippen LogP contribution in [-0.4, -0.2) is 18.7 Å². The first-order chi connectivity index (χ1) is 11.4. The molecule has 8 heteroatoms. The van der Waals surface area contributed by atoms with Gasteiger partial charge in [0.2, 0.25) is 0 Å². The summed E-state index contributed by atoms with van der Waals surface area (Å²) in [6, 6.07) is 12.1. The molecule has 1 N–H and O–H groups in total. The molecular formula is C16H12ClF3N2O2. The van der Waals surface area contributed by atoms with E-state index < -0.39 is 29.3 Å². The molecule has 2 aromatic rings. The molecule has 0 aliphatic carbocycles. The van der Waals surface area contributed by atoms with Crippen molar-refractivity contribution in [2.24, 2.45) is 5.16 Å². The zero-order valence-electron chi connectivity index (χ0n) is 12.2. The molecule has 4 nitrogen and oxygen atoms in total. The fraction of sp³-hybridized carbons (Fsp3) is 0.125. The molecule has 0 bridgehead atoms. The lowest BCUT2D eigenvalue weighted by atomic mass is 10.2. The maximum Gasteiger partial charge on any atom is 0.417 e. The molecule has 1 amide bonds. The van der Waals surface area contributed by atoms with Crippen molar-refractivity contribution in [2.75, 3.05) is 11.9 Å². The van der Waals surface area contributed by atoms with Gasteiger partial charge in [0.15, 0.2) is 6.61 Å². The summed E-state index contributed by atoms with van der Waals surface area (Å²) in [6.07, 6.45) is -3.19. The molecule has 0 aliphatic heterocycles. The highest BCUT2D eigenvalue weighted by atomic mass is 35.5. The first kappa shape index (κ1) is 17.8. The van der Waals surface area contributed by atoms with Crippen molar-refractivity contribution in [2.45, 2.75) is 6.18 Å².